The number of ether oxygens (including phenoxy) is 1. The van der Waals surface area contributed by atoms with Crippen molar-refractivity contribution in [1.82, 2.24) is 24.5 Å². The molecule has 0 radical (unpaired) electrons. The van der Waals surface area contributed by atoms with Gasteiger partial charge < -0.3 is 19.4 Å². The molecule has 0 N–H and O–H groups in total. The minimum atomic E-state index is -0.533. The molecule has 4 amide bonds. The number of aliphatic imine (C=N–C) groups is 1. The standard InChI is InChI=1S/C37H39Cl2N7O4/c1-3-50-32-22-26(23-40)4-13-31(32)36-41-34(27-5-9-29(38)10-6-27)35(28-7-11-30(39)12-8-28)46(36)37(49)45-16-14-42(15-17-45)24-33(48)44-20-18-43(19-21-44)25(2)47/h4-13,22,34-35H,3,14-21,24H2,1-2H3/t34-,35+/m0/s1. The molecule has 2 saturated heterocycles. The van der Waals surface area contributed by atoms with Crippen molar-refractivity contribution in [3.63, 3.8) is 0 Å². The lowest BCUT2D eigenvalue weighted by Gasteiger charge is -2.40. The molecule has 3 aromatic rings. The van der Waals surface area contributed by atoms with Gasteiger partial charge in [-0.3, -0.25) is 24.4 Å². The smallest absolute Gasteiger partial charge is 0.326 e. The first-order valence-electron chi connectivity index (χ1n) is 16.8. The highest BCUT2D eigenvalue weighted by molar-refractivity contribution is 6.30. The Bertz CT molecular complexity index is 1800. The summed E-state index contributed by atoms with van der Waals surface area (Å²) in [5, 5.41) is 10.8. The molecular formula is C37H39Cl2N7O4. The molecule has 0 aromatic heterocycles. The number of hydrogen-bond acceptors (Lipinski definition) is 7. The van der Waals surface area contributed by atoms with Gasteiger partial charge in [0.05, 0.1) is 36.4 Å². The number of urea groups is 1. The van der Waals surface area contributed by atoms with Gasteiger partial charge in [0.1, 0.15) is 17.6 Å². The van der Waals surface area contributed by atoms with Gasteiger partial charge in [0, 0.05) is 69.3 Å². The van der Waals surface area contributed by atoms with E-state index >= 15 is 0 Å². The number of nitriles is 1. The summed E-state index contributed by atoms with van der Waals surface area (Å²) in [6.07, 6.45) is 0. The molecule has 0 aliphatic carbocycles. The molecule has 11 nitrogen and oxygen atoms in total. The second-order valence-corrected chi connectivity index (χ2v) is 13.4. The van der Waals surface area contributed by atoms with Crippen molar-refractivity contribution in [2.24, 2.45) is 4.99 Å². The predicted octanol–water partition coefficient (Wildman–Crippen LogP) is 5.24. The Balaban J connectivity index is 1.29. The molecule has 260 valence electrons. The highest BCUT2D eigenvalue weighted by Crippen LogP contribution is 2.45. The number of carbonyl (C=O) groups is 3. The molecule has 0 bridgehead atoms. The molecule has 3 aliphatic heterocycles. The highest BCUT2D eigenvalue weighted by atomic mass is 35.5. The number of nitrogens with zero attached hydrogens (tertiary/aromatic N) is 7. The van der Waals surface area contributed by atoms with Crippen molar-refractivity contribution < 1.29 is 19.1 Å². The minimum absolute atomic E-state index is 0.0233. The lowest BCUT2D eigenvalue weighted by atomic mass is 9.93. The number of piperazine rings is 2. The average molecular weight is 717 g/mol. The maximum Gasteiger partial charge on any atom is 0.326 e. The number of amides is 4. The fourth-order valence-corrected chi connectivity index (χ4v) is 6.97. The fraction of sp³-hybridized carbons (Fsp3) is 0.378. The van der Waals surface area contributed by atoms with E-state index in [9.17, 15) is 19.6 Å². The van der Waals surface area contributed by atoms with Gasteiger partial charge in [-0.2, -0.15) is 5.26 Å². The van der Waals surface area contributed by atoms with Gasteiger partial charge >= 0.3 is 6.03 Å². The van der Waals surface area contributed by atoms with E-state index in [1.807, 2.05) is 48.2 Å². The first-order valence-corrected chi connectivity index (χ1v) is 17.5. The van der Waals surface area contributed by atoms with Crippen molar-refractivity contribution in [3.05, 3.63) is 99.0 Å². The summed E-state index contributed by atoms with van der Waals surface area (Å²) in [7, 11) is 0. The van der Waals surface area contributed by atoms with Crippen molar-refractivity contribution in [2.45, 2.75) is 25.9 Å². The molecule has 6 rings (SSSR count). The van der Waals surface area contributed by atoms with Crippen LogP contribution in [0.25, 0.3) is 0 Å². The number of benzene rings is 3. The summed E-state index contributed by atoms with van der Waals surface area (Å²) in [6.45, 7) is 8.04. The first kappa shape index (κ1) is 35.2. The summed E-state index contributed by atoms with van der Waals surface area (Å²) < 4.78 is 6.02. The second kappa shape index (κ2) is 15.5. The average Bonchev–Trinajstić information content (AvgIpc) is 3.52. The monoisotopic (exact) mass is 715 g/mol. The van der Waals surface area contributed by atoms with Crippen molar-refractivity contribution in [3.8, 4) is 11.8 Å². The third kappa shape index (κ3) is 7.58. The number of rotatable bonds is 7. The SMILES string of the molecule is CCOc1cc(C#N)ccc1C1=N[C@@H](c2ccc(Cl)cc2)[C@@H](c2ccc(Cl)cc2)N1C(=O)N1CCN(CC(=O)N2CCN(C(C)=O)CC2)CC1. The van der Waals surface area contributed by atoms with E-state index in [4.69, 9.17) is 32.9 Å². The Kier molecular flexibility index (Phi) is 10.9. The van der Waals surface area contributed by atoms with Crippen LogP contribution in [-0.2, 0) is 9.59 Å². The molecular weight excluding hydrogens is 677 g/mol. The summed E-state index contributed by atoms with van der Waals surface area (Å²) in [6, 6.07) is 21.0. The van der Waals surface area contributed by atoms with Gasteiger partial charge in [-0.05, 0) is 60.5 Å². The van der Waals surface area contributed by atoms with Gasteiger partial charge in [0.25, 0.3) is 0 Å². The summed E-state index contributed by atoms with van der Waals surface area (Å²) in [4.78, 5) is 54.1. The van der Waals surface area contributed by atoms with Crippen molar-refractivity contribution in [1.29, 1.82) is 5.26 Å². The predicted molar refractivity (Wildman–Crippen MR) is 191 cm³/mol. The second-order valence-electron chi connectivity index (χ2n) is 12.5. The fourth-order valence-electron chi connectivity index (χ4n) is 6.72. The normalized spacial score (nSPS) is 19.6. The lowest BCUT2D eigenvalue weighted by Crippen LogP contribution is -2.56. The van der Waals surface area contributed by atoms with Crippen LogP contribution in [0, 0.1) is 11.3 Å². The maximum atomic E-state index is 14.8. The zero-order valence-corrected chi connectivity index (χ0v) is 29.6. The third-order valence-corrected chi connectivity index (χ3v) is 9.93. The molecule has 3 aliphatic rings. The summed E-state index contributed by atoms with van der Waals surface area (Å²) in [5.41, 5.74) is 2.76. The minimum Gasteiger partial charge on any atom is -0.493 e. The largest absolute Gasteiger partial charge is 0.493 e. The molecule has 0 saturated carbocycles. The van der Waals surface area contributed by atoms with Gasteiger partial charge in [-0.15, -0.1) is 0 Å². The Morgan fingerprint density at radius 2 is 1.40 bits per heavy atom. The molecule has 2 atom stereocenters. The van der Waals surface area contributed by atoms with Crippen LogP contribution in [0.2, 0.25) is 10.0 Å². The molecule has 0 spiro atoms. The van der Waals surface area contributed by atoms with E-state index in [1.54, 1.807) is 52.0 Å². The Labute approximate surface area is 302 Å². The molecule has 0 unspecified atom stereocenters. The highest BCUT2D eigenvalue weighted by Gasteiger charge is 2.45. The molecule has 3 heterocycles. The van der Waals surface area contributed by atoms with Crippen LogP contribution in [0.4, 0.5) is 4.79 Å². The van der Waals surface area contributed by atoms with E-state index < -0.39 is 12.1 Å². The van der Waals surface area contributed by atoms with E-state index in [-0.39, 0.29) is 24.4 Å². The van der Waals surface area contributed by atoms with E-state index in [1.165, 1.54) is 0 Å². The van der Waals surface area contributed by atoms with Crippen LogP contribution >= 0.6 is 23.2 Å². The van der Waals surface area contributed by atoms with Crippen LogP contribution in [0.15, 0.2) is 71.7 Å². The van der Waals surface area contributed by atoms with Gasteiger partial charge in [-0.1, -0.05) is 47.5 Å². The molecule has 13 heteroatoms. The molecule has 50 heavy (non-hydrogen) atoms. The van der Waals surface area contributed by atoms with Crippen LogP contribution < -0.4 is 4.74 Å². The van der Waals surface area contributed by atoms with Crippen LogP contribution in [0.5, 0.6) is 5.75 Å². The maximum absolute atomic E-state index is 14.8. The molecule has 2 fully saturated rings. The van der Waals surface area contributed by atoms with Gasteiger partial charge in [0.15, 0.2) is 0 Å². The van der Waals surface area contributed by atoms with E-state index in [0.29, 0.717) is 91.7 Å². The third-order valence-electron chi connectivity index (χ3n) is 9.43. The van der Waals surface area contributed by atoms with Gasteiger partial charge in [0.2, 0.25) is 11.8 Å². The lowest BCUT2D eigenvalue weighted by molar-refractivity contribution is -0.139. The Morgan fingerprint density at radius 3 is 1.98 bits per heavy atom. The first-order chi connectivity index (χ1) is 24.2. The van der Waals surface area contributed by atoms with Crippen molar-refractivity contribution >= 4 is 46.9 Å². The van der Waals surface area contributed by atoms with E-state index in [2.05, 4.69) is 11.0 Å². The summed E-state index contributed by atoms with van der Waals surface area (Å²) in [5.74, 6) is 0.947. The summed E-state index contributed by atoms with van der Waals surface area (Å²) >= 11 is 12.6. The quantitative estimate of drug-likeness (QED) is 0.331. The van der Waals surface area contributed by atoms with Crippen LogP contribution in [-0.4, -0.2) is 114 Å². The topological polar surface area (TPSA) is 113 Å². The number of halogens is 2. The number of carbonyl (C=O) groups excluding carboxylic acids is 3. The Morgan fingerprint density at radius 1 is 0.820 bits per heavy atom. The molecule has 3 aromatic carbocycles. The van der Waals surface area contributed by atoms with Gasteiger partial charge in [-0.25, -0.2) is 4.79 Å². The zero-order chi connectivity index (χ0) is 35.4. The van der Waals surface area contributed by atoms with E-state index in [0.717, 1.165) is 11.1 Å². The Hall–Kier alpha value is -4.63. The van der Waals surface area contributed by atoms with Crippen LogP contribution in [0.1, 0.15) is 48.2 Å². The van der Waals surface area contributed by atoms with Crippen LogP contribution in [0.3, 0.4) is 0 Å². The zero-order valence-electron chi connectivity index (χ0n) is 28.1. The van der Waals surface area contributed by atoms with Crippen molar-refractivity contribution in [2.75, 3.05) is 65.5 Å². The number of hydrogen-bond donors (Lipinski definition) is 0. The number of amidine groups is 1.